The molecule has 0 radical (unpaired) electrons. The van der Waals surface area contributed by atoms with E-state index in [9.17, 15) is 9.59 Å². The van der Waals surface area contributed by atoms with Crippen LogP contribution in [-0.4, -0.2) is 67.0 Å². The lowest BCUT2D eigenvalue weighted by atomic mass is 9.93. The minimum atomic E-state index is -0.544. The summed E-state index contributed by atoms with van der Waals surface area (Å²) in [5.74, 6) is 1.90. The third-order valence-corrected chi connectivity index (χ3v) is 11.3. The maximum atomic E-state index is 13.2. The first-order chi connectivity index (χ1) is 24.8. The zero-order valence-corrected chi connectivity index (χ0v) is 30.8. The van der Waals surface area contributed by atoms with Crippen molar-refractivity contribution in [1.82, 2.24) is 19.8 Å². The molecule has 4 heterocycles. The minimum absolute atomic E-state index is 0.0580. The van der Waals surface area contributed by atoms with Crippen molar-refractivity contribution in [2.45, 2.75) is 109 Å². The third kappa shape index (κ3) is 5.97. The molecule has 3 aromatic carbocycles. The molecule has 268 valence electrons. The van der Waals surface area contributed by atoms with Crippen LogP contribution in [0.2, 0.25) is 0 Å². The molecule has 3 aliphatic heterocycles. The number of piperidine rings is 2. The van der Waals surface area contributed by atoms with Gasteiger partial charge in [0.1, 0.15) is 17.0 Å². The van der Waals surface area contributed by atoms with Crippen LogP contribution in [0.25, 0.3) is 33.2 Å². The van der Waals surface area contributed by atoms with Crippen molar-refractivity contribution in [3.8, 4) is 22.4 Å². The SMILES string of the molecule is CC(C)(C)OC(=O)N1[C@@H]2C[C@@H]2C[C@H]1C1=CN=C(c2ccc(-c3cccc4c(-c5cnc([C@@H]6C[C@H]7C[C@H]7N6C(=O)OC(C)(C)C)[nH]5)cccc34)cc2)C1. The minimum Gasteiger partial charge on any atom is -0.444 e. The van der Waals surface area contributed by atoms with E-state index in [1.165, 1.54) is 5.57 Å². The van der Waals surface area contributed by atoms with Crippen LogP contribution in [0.3, 0.4) is 0 Å². The average molecular weight is 698 g/mol. The number of carbonyl (C=O) groups is 2. The Morgan fingerprint density at radius 2 is 1.27 bits per heavy atom. The molecule has 0 spiro atoms. The number of nitrogens with zero attached hydrogens (tertiary/aromatic N) is 4. The molecule has 2 saturated carbocycles. The van der Waals surface area contributed by atoms with E-state index in [2.05, 4.69) is 65.6 Å². The highest BCUT2D eigenvalue weighted by Gasteiger charge is 2.57. The Morgan fingerprint density at radius 3 is 1.90 bits per heavy atom. The molecule has 4 fully saturated rings. The third-order valence-electron chi connectivity index (χ3n) is 11.3. The second kappa shape index (κ2) is 11.8. The number of carbonyl (C=O) groups excluding carboxylic acids is 2. The van der Waals surface area contributed by atoms with Crippen molar-refractivity contribution in [3.05, 3.63) is 90.0 Å². The Morgan fingerprint density at radius 1 is 0.712 bits per heavy atom. The summed E-state index contributed by atoms with van der Waals surface area (Å²) in [5.41, 5.74) is 6.57. The Balaban J connectivity index is 0.922. The highest BCUT2D eigenvalue weighted by molar-refractivity contribution is 6.06. The van der Waals surface area contributed by atoms with E-state index in [1.807, 2.05) is 63.7 Å². The van der Waals surface area contributed by atoms with E-state index in [1.54, 1.807) is 0 Å². The molecule has 2 saturated heterocycles. The fourth-order valence-electron chi connectivity index (χ4n) is 8.75. The zero-order valence-electron chi connectivity index (χ0n) is 30.8. The second-order valence-electron chi connectivity index (χ2n) is 17.3. The summed E-state index contributed by atoms with van der Waals surface area (Å²) in [6.45, 7) is 11.5. The van der Waals surface area contributed by atoms with Crippen molar-refractivity contribution in [3.63, 3.8) is 0 Å². The summed E-state index contributed by atoms with van der Waals surface area (Å²) < 4.78 is 11.6. The summed E-state index contributed by atoms with van der Waals surface area (Å²) in [4.78, 5) is 43.5. The number of rotatable bonds is 5. The average Bonchev–Trinajstić information content (AvgIpc) is 3.68. The molecule has 4 aromatic rings. The quantitative estimate of drug-likeness (QED) is 0.224. The number of amides is 2. The predicted molar refractivity (Wildman–Crippen MR) is 202 cm³/mol. The number of fused-ring (bicyclic) bond motifs is 3. The number of benzene rings is 3. The smallest absolute Gasteiger partial charge is 0.411 e. The normalized spacial score (nSPS) is 26.2. The molecular weight excluding hydrogens is 651 g/mol. The van der Waals surface area contributed by atoms with Crippen molar-refractivity contribution >= 4 is 28.7 Å². The molecule has 6 atom stereocenters. The first-order valence-corrected chi connectivity index (χ1v) is 18.8. The molecule has 2 aliphatic carbocycles. The molecule has 5 aliphatic rings. The molecule has 9 rings (SSSR count). The molecular formula is C43H47N5O4. The van der Waals surface area contributed by atoms with Gasteiger partial charge >= 0.3 is 12.2 Å². The van der Waals surface area contributed by atoms with Gasteiger partial charge < -0.3 is 14.5 Å². The van der Waals surface area contributed by atoms with Crippen LogP contribution in [0.15, 0.2) is 83.6 Å². The van der Waals surface area contributed by atoms with Crippen LogP contribution < -0.4 is 0 Å². The molecule has 1 aromatic heterocycles. The van der Waals surface area contributed by atoms with Crippen molar-refractivity contribution < 1.29 is 19.1 Å². The standard InChI is InChI=1S/C43H47N5O4/c1-42(2,3)51-40(49)47-35-18-26(35)20-37(47)28-17-33(44-22-28)25-15-13-24(14-16-25)29-9-7-11-31-30(29)10-8-12-32(31)34-23-45-39(46-34)38-21-27-19-36(27)48(38)41(50)52-43(4,5)6/h7-16,22-23,26-27,35-38H,17-21H2,1-6H3,(H,45,46)/t26-,27-,35-,36-,37+,38+/m1/s1. The van der Waals surface area contributed by atoms with Gasteiger partial charge in [-0.2, -0.15) is 0 Å². The Bertz CT molecular complexity index is 2150. The van der Waals surface area contributed by atoms with Gasteiger partial charge in [-0.1, -0.05) is 60.7 Å². The summed E-state index contributed by atoms with van der Waals surface area (Å²) in [5, 5.41) is 2.29. The molecule has 52 heavy (non-hydrogen) atoms. The Kier molecular flexibility index (Phi) is 7.48. The summed E-state index contributed by atoms with van der Waals surface area (Å²) >= 11 is 0. The van der Waals surface area contributed by atoms with Gasteiger partial charge in [0.2, 0.25) is 0 Å². The van der Waals surface area contributed by atoms with Crippen LogP contribution in [0, 0.1) is 11.8 Å². The highest BCUT2D eigenvalue weighted by Crippen LogP contribution is 2.54. The number of likely N-dealkylation sites (tertiary alicyclic amines) is 2. The molecule has 9 heteroatoms. The summed E-state index contributed by atoms with van der Waals surface area (Å²) in [6.07, 6.45) is 8.17. The van der Waals surface area contributed by atoms with E-state index in [-0.39, 0.29) is 30.3 Å². The van der Waals surface area contributed by atoms with Gasteiger partial charge in [0, 0.05) is 30.3 Å². The van der Waals surface area contributed by atoms with Crippen LogP contribution in [0.4, 0.5) is 9.59 Å². The number of nitrogens with one attached hydrogen (secondary N) is 1. The van der Waals surface area contributed by atoms with Crippen LogP contribution >= 0.6 is 0 Å². The fourth-order valence-corrected chi connectivity index (χ4v) is 8.75. The van der Waals surface area contributed by atoms with Gasteiger partial charge in [0.05, 0.1) is 29.7 Å². The highest BCUT2D eigenvalue weighted by atomic mass is 16.6. The van der Waals surface area contributed by atoms with E-state index < -0.39 is 11.2 Å². The lowest BCUT2D eigenvalue weighted by Gasteiger charge is -2.31. The van der Waals surface area contributed by atoms with E-state index >= 15 is 0 Å². The lowest BCUT2D eigenvalue weighted by Crippen LogP contribution is -2.42. The molecule has 9 nitrogen and oxygen atoms in total. The molecule has 0 bridgehead atoms. The summed E-state index contributed by atoms with van der Waals surface area (Å²) in [6, 6.07) is 22.0. The number of imidazole rings is 1. The van der Waals surface area contributed by atoms with E-state index in [0.29, 0.717) is 17.9 Å². The van der Waals surface area contributed by atoms with Crippen molar-refractivity contribution in [1.29, 1.82) is 0 Å². The number of ether oxygens (including phenoxy) is 2. The van der Waals surface area contributed by atoms with Gasteiger partial charge in [-0.25, -0.2) is 14.6 Å². The largest absolute Gasteiger partial charge is 0.444 e. The van der Waals surface area contributed by atoms with Crippen LogP contribution in [0.1, 0.15) is 91.1 Å². The monoisotopic (exact) mass is 697 g/mol. The van der Waals surface area contributed by atoms with Gasteiger partial charge in [-0.3, -0.25) is 14.8 Å². The topological polar surface area (TPSA) is 100 Å². The molecule has 2 amide bonds. The maximum absolute atomic E-state index is 13.2. The number of H-pyrrole nitrogens is 1. The van der Waals surface area contributed by atoms with Crippen LogP contribution in [0.5, 0.6) is 0 Å². The lowest BCUT2D eigenvalue weighted by molar-refractivity contribution is 0.0172. The number of aliphatic imine (C=N–C) groups is 1. The van der Waals surface area contributed by atoms with Crippen molar-refractivity contribution in [2.75, 3.05) is 0 Å². The number of aromatic amines is 1. The van der Waals surface area contributed by atoms with Gasteiger partial charge in [-0.15, -0.1) is 0 Å². The first-order valence-electron chi connectivity index (χ1n) is 18.8. The maximum Gasteiger partial charge on any atom is 0.411 e. The van der Waals surface area contributed by atoms with Crippen molar-refractivity contribution in [2.24, 2.45) is 16.8 Å². The Hall–Kier alpha value is -4.92. The fraction of sp³-hybridized carbons (Fsp3) is 0.442. The predicted octanol–water partition coefficient (Wildman–Crippen LogP) is 9.44. The molecule has 0 unspecified atom stereocenters. The molecule has 1 N–H and O–H groups in total. The first kappa shape index (κ1) is 33.0. The van der Waals surface area contributed by atoms with E-state index in [4.69, 9.17) is 19.5 Å². The Labute approximate surface area is 305 Å². The van der Waals surface area contributed by atoms with Crippen LogP contribution in [-0.2, 0) is 9.47 Å². The zero-order chi connectivity index (χ0) is 36.1. The second-order valence-corrected chi connectivity index (χ2v) is 17.3. The van der Waals surface area contributed by atoms with Gasteiger partial charge in [-0.05, 0) is 112 Å². The summed E-state index contributed by atoms with van der Waals surface area (Å²) in [7, 11) is 0. The van der Waals surface area contributed by atoms with E-state index in [0.717, 1.165) is 82.4 Å². The number of hydrogen-bond donors (Lipinski definition) is 1. The van der Waals surface area contributed by atoms with Gasteiger partial charge in [0.15, 0.2) is 0 Å². The number of hydrogen-bond acceptors (Lipinski definition) is 6. The number of aromatic nitrogens is 2. The van der Waals surface area contributed by atoms with Gasteiger partial charge in [0.25, 0.3) is 0 Å².